The van der Waals surface area contributed by atoms with Gasteiger partial charge >= 0.3 is 0 Å². The fourth-order valence-electron chi connectivity index (χ4n) is 3.15. The first kappa shape index (κ1) is 15.7. The van der Waals surface area contributed by atoms with E-state index < -0.39 is 0 Å². The number of pyridine rings is 1. The lowest BCUT2D eigenvalue weighted by Crippen LogP contribution is -2.34. The van der Waals surface area contributed by atoms with E-state index in [1.54, 1.807) is 6.92 Å². The number of aromatic nitrogens is 3. The smallest absolute Gasteiger partial charge is 0.261 e. The summed E-state index contributed by atoms with van der Waals surface area (Å²) in [7, 11) is 0. The predicted molar refractivity (Wildman–Crippen MR) is 90.9 cm³/mol. The molecule has 4 rings (SSSR count). The number of halogens is 1. The van der Waals surface area contributed by atoms with Gasteiger partial charge in [-0.1, -0.05) is 5.16 Å². The van der Waals surface area contributed by atoms with Crippen LogP contribution in [0.4, 0.5) is 10.2 Å². The van der Waals surface area contributed by atoms with Gasteiger partial charge in [-0.05, 0) is 37.6 Å². The lowest BCUT2D eigenvalue weighted by molar-refractivity contribution is -0.119. The minimum Gasteiger partial charge on any atom is -0.355 e. The SMILES string of the molecule is Cc1cc(F)c2nc(N3CCC(=O)CC3)c(-c3nc(C)no3)cc2c1. The molecule has 1 aromatic carbocycles. The minimum atomic E-state index is -0.363. The maximum Gasteiger partial charge on any atom is 0.261 e. The molecule has 0 N–H and O–H groups in total. The molecule has 1 fully saturated rings. The van der Waals surface area contributed by atoms with Crippen molar-refractivity contribution < 1.29 is 13.7 Å². The van der Waals surface area contributed by atoms with Crippen molar-refractivity contribution in [2.75, 3.05) is 18.0 Å². The lowest BCUT2D eigenvalue weighted by Gasteiger charge is -2.28. The van der Waals surface area contributed by atoms with Crippen LogP contribution in [-0.2, 0) is 4.79 Å². The number of anilines is 1. The molecular formula is C18H17FN4O2. The molecule has 3 heterocycles. The average molecular weight is 340 g/mol. The molecule has 0 radical (unpaired) electrons. The van der Waals surface area contributed by atoms with Crippen molar-refractivity contribution >= 4 is 22.5 Å². The minimum absolute atomic E-state index is 0.231. The highest BCUT2D eigenvalue weighted by Gasteiger charge is 2.24. The Hall–Kier alpha value is -2.83. The van der Waals surface area contributed by atoms with Crippen LogP contribution in [0.3, 0.4) is 0 Å². The number of fused-ring (bicyclic) bond motifs is 1. The standard InChI is InChI=1S/C18H17FN4O2/c1-10-7-12-9-14(18-20-11(2)22-25-18)17(21-16(12)15(19)8-10)23-5-3-13(24)4-6-23/h7-9H,3-6H2,1-2H3. The van der Waals surface area contributed by atoms with E-state index in [-0.39, 0.29) is 11.6 Å². The van der Waals surface area contributed by atoms with Crippen molar-refractivity contribution in [3.63, 3.8) is 0 Å². The van der Waals surface area contributed by atoms with Crippen LogP contribution in [0.1, 0.15) is 24.2 Å². The van der Waals surface area contributed by atoms with Crippen LogP contribution in [0.5, 0.6) is 0 Å². The zero-order valence-electron chi connectivity index (χ0n) is 14.0. The molecule has 6 nitrogen and oxygen atoms in total. The molecule has 1 aliphatic rings. The van der Waals surface area contributed by atoms with Crippen LogP contribution < -0.4 is 4.90 Å². The van der Waals surface area contributed by atoms with Gasteiger partial charge in [-0.15, -0.1) is 0 Å². The van der Waals surface area contributed by atoms with Crippen LogP contribution in [0, 0.1) is 19.7 Å². The van der Waals surface area contributed by atoms with Gasteiger partial charge in [0.25, 0.3) is 5.89 Å². The molecule has 0 atom stereocenters. The number of Topliss-reactive ketones (excluding diaryl/α,β-unsaturated/α-hetero) is 1. The molecule has 0 bridgehead atoms. The van der Waals surface area contributed by atoms with E-state index in [1.165, 1.54) is 6.07 Å². The summed E-state index contributed by atoms with van der Waals surface area (Å²) in [5.41, 5.74) is 1.78. The van der Waals surface area contributed by atoms with Crippen molar-refractivity contribution in [2.45, 2.75) is 26.7 Å². The molecule has 128 valence electrons. The Morgan fingerprint density at radius 3 is 2.56 bits per heavy atom. The molecule has 7 heteroatoms. The fraction of sp³-hybridized carbons (Fsp3) is 0.333. The third kappa shape index (κ3) is 2.86. The Labute approximate surface area is 143 Å². The van der Waals surface area contributed by atoms with Crippen LogP contribution in [-0.4, -0.2) is 34.0 Å². The number of nitrogens with zero attached hydrogens (tertiary/aromatic N) is 4. The van der Waals surface area contributed by atoms with Crippen molar-refractivity contribution in [2.24, 2.45) is 0 Å². The summed E-state index contributed by atoms with van der Waals surface area (Å²) in [6.07, 6.45) is 0.913. The Morgan fingerprint density at radius 1 is 1.12 bits per heavy atom. The topological polar surface area (TPSA) is 72.1 Å². The van der Waals surface area contributed by atoms with Gasteiger partial charge in [0.1, 0.15) is 22.9 Å². The first-order valence-corrected chi connectivity index (χ1v) is 8.19. The highest BCUT2D eigenvalue weighted by atomic mass is 19.1. The lowest BCUT2D eigenvalue weighted by atomic mass is 10.1. The van der Waals surface area contributed by atoms with Crippen molar-refractivity contribution in [1.29, 1.82) is 0 Å². The summed E-state index contributed by atoms with van der Waals surface area (Å²) in [5.74, 6) is 1.31. The van der Waals surface area contributed by atoms with Crippen molar-refractivity contribution in [3.05, 3.63) is 35.4 Å². The van der Waals surface area contributed by atoms with Crippen molar-refractivity contribution in [3.8, 4) is 11.5 Å². The summed E-state index contributed by atoms with van der Waals surface area (Å²) in [6.45, 7) is 4.67. The molecule has 0 aliphatic carbocycles. The molecular weight excluding hydrogens is 323 g/mol. The van der Waals surface area contributed by atoms with Crippen LogP contribution in [0.2, 0.25) is 0 Å². The molecule has 0 unspecified atom stereocenters. The quantitative estimate of drug-likeness (QED) is 0.713. The number of benzene rings is 1. The van der Waals surface area contributed by atoms with Crippen LogP contribution in [0.15, 0.2) is 22.7 Å². The van der Waals surface area contributed by atoms with E-state index in [1.807, 2.05) is 24.0 Å². The molecule has 0 amide bonds. The zero-order chi connectivity index (χ0) is 17.6. The Morgan fingerprint density at radius 2 is 1.88 bits per heavy atom. The average Bonchev–Trinajstić information content (AvgIpc) is 3.01. The highest BCUT2D eigenvalue weighted by Crippen LogP contribution is 2.33. The summed E-state index contributed by atoms with van der Waals surface area (Å²) in [6, 6.07) is 5.17. The summed E-state index contributed by atoms with van der Waals surface area (Å²) >= 11 is 0. The summed E-state index contributed by atoms with van der Waals surface area (Å²) in [5, 5.41) is 4.53. The van der Waals surface area contributed by atoms with Gasteiger partial charge in [-0.2, -0.15) is 4.98 Å². The largest absolute Gasteiger partial charge is 0.355 e. The van der Waals surface area contributed by atoms with Gasteiger partial charge in [-0.3, -0.25) is 4.79 Å². The number of aryl methyl sites for hydroxylation is 2. The second-order valence-electron chi connectivity index (χ2n) is 6.35. The first-order valence-electron chi connectivity index (χ1n) is 8.19. The molecule has 1 aliphatic heterocycles. The second kappa shape index (κ2) is 5.91. The third-order valence-electron chi connectivity index (χ3n) is 4.37. The van der Waals surface area contributed by atoms with E-state index in [0.717, 1.165) is 5.56 Å². The molecule has 25 heavy (non-hydrogen) atoms. The van der Waals surface area contributed by atoms with E-state index in [4.69, 9.17) is 4.52 Å². The van der Waals surface area contributed by atoms with Crippen molar-refractivity contribution in [1.82, 2.24) is 15.1 Å². The van der Waals surface area contributed by atoms with E-state index in [0.29, 0.717) is 59.9 Å². The van der Waals surface area contributed by atoms with E-state index >= 15 is 0 Å². The number of ketones is 1. The summed E-state index contributed by atoms with van der Waals surface area (Å²) < 4.78 is 19.7. The molecule has 0 saturated carbocycles. The van der Waals surface area contributed by atoms with E-state index in [9.17, 15) is 9.18 Å². The van der Waals surface area contributed by atoms with Gasteiger partial charge in [0.15, 0.2) is 5.82 Å². The Kier molecular flexibility index (Phi) is 3.71. The van der Waals surface area contributed by atoms with E-state index in [2.05, 4.69) is 15.1 Å². The zero-order valence-corrected chi connectivity index (χ0v) is 14.0. The number of carbonyl (C=O) groups is 1. The van der Waals surface area contributed by atoms with Crippen LogP contribution in [0.25, 0.3) is 22.4 Å². The van der Waals surface area contributed by atoms with Gasteiger partial charge in [0, 0.05) is 31.3 Å². The first-order chi connectivity index (χ1) is 12.0. The summed E-state index contributed by atoms with van der Waals surface area (Å²) in [4.78, 5) is 22.4. The molecule has 0 spiro atoms. The van der Waals surface area contributed by atoms with Gasteiger partial charge in [0.2, 0.25) is 0 Å². The van der Waals surface area contributed by atoms with Crippen LogP contribution >= 0.6 is 0 Å². The highest BCUT2D eigenvalue weighted by molar-refractivity contribution is 5.89. The van der Waals surface area contributed by atoms with Gasteiger partial charge in [0.05, 0.1) is 5.56 Å². The predicted octanol–water partition coefficient (Wildman–Crippen LogP) is 3.21. The Balaban J connectivity index is 1.92. The van der Waals surface area contributed by atoms with Gasteiger partial charge in [-0.25, -0.2) is 9.37 Å². The number of hydrogen-bond acceptors (Lipinski definition) is 6. The molecule has 2 aromatic heterocycles. The maximum absolute atomic E-state index is 14.4. The molecule has 1 saturated heterocycles. The molecule has 3 aromatic rings. The Bertz CT molecular complexity index is 973. The number of piperidine rings is 1. The van der Waals surface area contributed by atoms with Gasteiger partial charge < -0.3 is 9.42 Å². The fourth-order valence-corrected chi connectivity index (χ4v) is 3.15. The monoisotopic (exact) mass is 340 g/mol. The normalized spacial score (nSPS) is 15.2. The maximum atomic E-state index is 14.4. The third-order valence-corrected chi connectivity index (χ3v) is 4.37. The second-order valence-corrected chi connectivity index (χ2v) is 6.35. The number of rotatable bonds is 2. The number of hydrogen-bond donors (Lipinski definition) is 0. The number of carbonyl (C=O) groups excluding carboxylic acids is 1.